The summed E-state index contributed by atoms with van der Waals surface area (Å²) in [6, 6.07) is 3.87. The molecule has 0 saturated carbocycles. The molecule has 0 aliphatic heterocycles. The van der Waals surface area contributed by atoms with Gasteiger partial charge in [0.2, 0.25) is 0 Å². The molecule has 0 fully saturated rings. The minimum Gasteiger partial charge on any atom is -0.379 e. The Bertz CT molecular complexity index is 479. The van der Waals surface area contributed by atoms with Crippen LogP contribution in [-0.2, 0) is 10.3 Å². The number of thiophene rings is 1. The van der Waals surface area contributed by atoms with Crippen LogP contribution < -0.4 is 5.73 Å². The molecule has 0 aromatic carbocycles. The SMILES string of the molecule is CCCOCC(C)(N)c1noc(-c2cccs2)n1. The Balaban J connectivity index is 2.09. The summed E-state index contributed by atoms with van der Waals surface area (Å²) in [4.78, 5) is 5.27. The van der Waals surface area contributed by atoms with Gasteiger partial charge in [0.15, 0.2) is 5.82 Å². The van der Waals surface area contributed by atoms with Gasteiger partial charge in [-0.2, -0.15) is 4.98 Å². The molecule has 2 heterocycles. The quantitative estimate of drug-likeness (QED) is 0.813. The number of hydrogen-bond donors (Lipinski definition) is 1. The minimum atomic E-state index is -0.728. The molecular weight excluding hydrogens is 250 g/mol. The molecule has 0 saturated heterocycles. The highest BCUT2D eigenvalue weighted by Crippen LogP contribution is 2.25. The molecular formula is C12H17N3O2S. The maximum Gasteiger partial charge on any atom is 0.268 e. The molecule has 0 radical (unpaired) electrons. The molecule has 2 aromatic rings. The minimum absolute atomic E-state index is 0.379. The lowest BCUT2D eigenvalue weighted by Gasteiger charge is -2.19. The zero-order valence-electron chi connectivity index (χ0n) is 10.5. The highest BCUT2D eigenvalue weighted by atomic mass is 32.1. The zero-order chi connectivity index (χ0) is 13.0. The van der Waals surface area contributed by atoms with Crippen molar-refractivity contribution in [3.8, 4) is 10.8 Å². The average molecular weight is 267 g/mol. The van der Waals surface area contributed by atoms with Gasteiger partial charge in [-0.3, -0.25) is 0 Å². The molecule has 1 atom stereocenters. The van der Waals surface area contributed by atoms with Crippen molar-refractivity contribution in [2.75, 3.05) is 13.2 Å². The fraction of sp³-hybridized carbons (Fsp3) is 0.500. The monoisotopic (exact) mass is 267 g/mol. The van der Waals surface area contributed by atoms with Crippen molar-refractivity contribution < 1.29 is 9.26 Å². The zero-order valence-corrected chi connectivity index (χ0v) is 11.4. The van der Waals surface area contributed by atoms with Crippen LogP contribution in [0.5, 0.6) is 0 Å². The first-order chi connectivity index (χ1) is 8.63. The van der Waals surface area contributed by atoms with E-state index in [1.54, 1.807) is 11.3 Å². The van der Waals surface area contributed by atoms with Crippen LogP contribution in [0.3, 0.4) is 0 Å². The molecule has 2 rings (SSSR count). The molecule has 5 nitrogen and oxygen atoms in total. The third-order valence-electron chi connectivity index (χ3n) is 2.42. The van der Waals surface area contributed by atoms with E-state index in [2.05, 4.69) is 17.1 Å². The Hall–Kier alpha value is -1.24. The first-order valence-electron chi connectivity index (χ1n) is 5.88. The molecule has 0 aliphatic carbocycles. The van der Waals surface area contributed by atoms with Crippen LogP contribution in [0, 0.1) is 0 Å². The average Bonchev–Trinajstić information content (AvgIpc) is 3.00. The van der Waals surface area contributed by atoms with Gasteiger partial charge >= 0.3 is 0 Å². The molecule has 98 valence electrons. The fourth-order valence-electron chi connectivity index (χ4n) is 1.45. The van der Waals surface area contributed by atoms with Gasteiger partial charge in [0.05, 0.1) is 11.5 Å². The molecule has 2 N–H and O–H groups in total. The molecule has 2 aromatic heterocycles. The first kappa shape index (κ1) is 13.2. The van der Waals surface area contributed by atoms with Crippen LogP contribution in [0.2, 0.25) is 0 Å². The Morgan fingerprint density at radius 1 is 1.56 bits per heavy atom. The van der Waals surface area contributed by atoms with Crippen LogP contribution in [0.15, 0.2) is 22.0 Å². The van der Waals surface area contributed by atoms with Crippen molar-refractivity contribution in [1.82, 2.24) is 10.1 Å². The van der Waals surface area contributed by atoms with Crippen LogP contribution in [0.25, 0.3) is 10.8 Å². The van der Waals surface area contributed by atoms with Crippen LogP contribution in [0.4, 0.5) is 0 Å². The predicted molar refractivity (Wildman–Crippen MR) is 70.3 cm³/mol. The van der Waals surface area contributed by atoms with E-state index >= 15 is 0 Å². The maximum absolute atomic E-state index is 6.14. The number of aromatic nitrogens is 2. The summed E-state index contributed by atoms with van der Waals surface area (Å²) in [6.07, 6.45) is 0.961. The normalized spacial score (nSPS) is 14.6. The summed E-state index contributed by atoms with van der Waals surface area (Å²) in [7, 11) is 0. The van der Waals surface area contributed by atoms with Gasteiger partial charge in [-0.25, -0.2) is 0 Å². The van der Waals surface area contributed by atoms with Gasteiger partial charge in [0.1, 0.15) is 5.54 Å². The van der Waals surface area contributed by atoms with E-state index < -0.39 is 5.54 Å². The topological polar surface area (TPSA) is 74.2 Å². The second-order valence-electron chi connectivity index (χ2n) is 4.37. The fourth-order valence-corrected chi connectivity index (χ4v) is 2.09. The van der Waals surface area contributed by atoms with Crippen LogP contribution in [-0.4, -0.2) is 23.4 Å². The van der Waals surface area contributed by atoms with Gasteiger partial charge in [0, 0.05) is 6.61 Å². The Morgan fingerprint density at radius 2 is 2.39 bits per heavy atom. The van der Waals surface area contributed by atoms with E-state index in [1.807, 2.05) is 24.4 Å². The van der Waals surface area contributed by atoms with E-state index in [0.29, 0.717) is 24.9 Å². The van der Waals surface area contributed by atoms with Crippen molar-refractivity contribution in [2.45, 2.75) is 25.8 Å². The lowest BCUT2D eigenvalue weighted by Crippen LogP contribution is -2.39. The number of rotatable bonds is 6. The second-order valence-corrected chi connectivity index (χ2v) is 5.32. The Labute approximate surface area is 110 Å². The van der Waals surface area contributed by atoms with Gasteiger partial charge < -0.3 is 15.0 Å². The molecule has 0 spiro atoms. The van der Waals surface area contributed by atoms with E-state index in [9.17, 15) is 0 Å². The predicted octanol–water partition coefficient (Wildman–Crippen LogP) is 2.40. The molecule has 1 unspecified atom stereocenters. The molecule has 0 amide bonds. The number of nitrogens with zero attached hydrogens (tertiary/aromatic N) is 2. The van der Waals surface area contributed by atoms with Crippen molar-refractivity contribution in [2.24, 2.45) is 5.73 Å². The third-order valence-corrected chi connectivity index (χ3v) is 3.28. The van der Waals surface area contributed by atoms with Gasteiger partial charge in [-0.05, 0) is 24.8 Å². The third kappa shape index (κ3) is 2.95. The van der Waals surface area contributed by atoms with Crippen molar-refractivity contribution in [3.05, 3.63) is 23.3 Å². The summed E-state index contributed by atoms with van der Waals surface area (Å²) in [5.74, 6) is 0.981. The van der Waals surface area contributed by atoms with Gasteiger partial charge in [-0.15, -0.1) is 11.3 Å². The maximum atomic E-state index is 6.14. The van der Waals surface area contributed by atoms with Crippen LogP contribution in [0.1, 0.15) is 26.1 Å². The van der Waals surface area contributed by atoms with E-state index in [1.165, 1.54) is 0 Å². The number of hydrogen-bond acceptors (Lipinski definition) is 6. The molecule has 18 heavy (non-hydrogen) atoms. The molecule has 0 aliphatic rings. The van der Waals surface area contributed by atoms with E-state index in [4.69, 9.17) is 15.0 Å². The smallest absolute Gasteiger partial charge is 0.268 e. The molecule has 6 heteroatoms. The second kappa shape index (κ2) is 5.60. The van der Waals surface area contributed by atoms with Crippen molar-refractivity contribution in [3.63, 3.8) is 0 Å². The van der Waals surface area contributed by atoms with Crippen molar-refractivity contribution >= 4 is 11.3 Å². The van der Waals surface area contributed by atoms with Crippen molar-refractivity contribution in [1.29, 1.82) is 0 Å². The summed E-state index contributed by atoms with van der Waals surface area (Å²) < 4.78 is 10.7. The number of nitrogens with two attached hydrogens (primary N) is 1. The lowest BCUT2D eigenvalue weighted by atomic mass is 10.1. The Morgan fingerprint density at radius 3 is 3.06 bits per heavy atom. The van der Waals surface area contributed by atoms with E-state index in [0.717, 1.165) is 11.3 Å². The highest BCUT2D eigenvalue weighted by Gasteiger charge is 2.28. The highest BCUT2D eigenvalue weighted by molar-refractivity contribution is 7.13. The van der Waals surface area contributed by atoms with Gasteiger partial charge in [-0.1, -0.05) is 18.1 Å². The summed E-state index contributed by atoms with van der Waals surface area (Å²) >= 11 is 1.55. The summed E-state index contributed by atoms with van der Waals surface area (Å²) in [5, 5.41) is 5.90. The first-order valence-corrected chi connectivity index (χ1v) is 6.76. The Kier molecular flexibility index (Phi) is 4.11. The van der Waals surface area contributed by atoms with Gasteiger partial charge in [0.25, 0.3) is 5.89 Å². The lowest BCUT2D eigenvalue weighted by molar-refractivity contribution is 0.0867. The number of ether oxygens (including phenoxy) is 1. The van der Waals surface area contributed by atoms with Crippen LogP contribution >= 0.6 is 11.3 Å². The summed E-state index contributed by atoms with van der Waals surface area (Å²) in [5.41, 5.74) is 5.41. The summed E-state index contributed by atoms with van der Waals surface area (Å²) in [6.45, 7) is 4.95. The standard InChI is InChI=1S/C12H17N3O2S/c1-3-6-16-8-12(2,13)11-14-10(17-15-11)9-5-4-7-18-9/h4-5,7H,3,6,8,13H2,1-2H3. The van der Waals surface area contributed by atoms with E-state index in [-0.39, 0.29) is 0 Å². The molecule has 0 bridgehead atoms. The largest absolute Gasteiger partial charge is 0.379 e.